The lowest BCUT2D eigenvalue weighted by atomic mass is 9.88. The number of pyridine rings is 4. The smallest absolute Gasteiger partial charge is 0.227 e. The number of rotatable bonds is 19. The van der Waals surface area contributed by atoms with Crippen LogP contribution in [0, 0.1) is 23.5 Å². The van der Waals surface area contributed by atoms with Crippen LogP contribution in [0.1, 0.15) is 44.9 Å². The number of anilines is 4. The van der Waals surface area contributed by atoms with E-state index < -0.39 is 5.82 Å². The van der Waals surface area contributed by atoms with Crippen molar-refractivity contribution in [3.63, 3.8) is 0 Å². The molecule has 442 valence electrons. The first-order valence-electron chi connectivity index (χ1n) is 29.6. The number of amides is 2. The van der Waals surface area contributed by atoms with Crippen LogP contribution in [0.4, 0.5) is 31.5 Å². The fourth-order valence-electron chi connectivity index (χ4n) is 11.7. The van der Waals surface area contributed by atoms with Crippen LogP contribution in [0.3, 0.4) is 0 Å². The van der Waals surface area contributed by atoms with Gasteiger partial charge < -0.3 is 36.1 Å². The molecule has 2 amide bonds. The minimum Gasteiger partial charge on any atom is -0.384 e. The maximum atomic E-state index is 15.8. The van der Waals surface area contributed by atoms with Crippen molar-refractivity contribution in [2.45, 2.75) is 44.9 Å². The number of aromatic nitrogens is 12. The molecule has 0 aliphatic heterocycles. The van der Waals surface area contributed by atoms with Gasteiger partial charge in [-0.15, -0.1) is 5.10 Å². The molecule has 12 aromatic rings. The molecule has 0 unspecified atom stereocenters. The van der Waals surface area contributed by atoms with Crippen molar-refractivity contribution >= 4 is 78.4 Å². The Kier molecular flexibility index (Phi) is 14.7. The van der Waals surface area contributed by atoms with E-state index in [4.69, 9.17) is 15.1 Å². The number of likely N-dealkylation sites (N-methyl/N-ethyl adjacent to an activating group) is 2. The van der Waals surface area contributed by atoms with E-state index in [0.717, 1.165) is 89.1 Å². The van der Waals surface area contributed by atoms with Gasteiger partial charge in [0, 0.05) is 108 Å². The van der Waals surface area contributed by atoms with Crippen LogP contribution >= 0.6 is 0 Å². The van der Waals surface area contributed by atoms with E-state index in [1.165, 1.54) is 30.7 Å². The third kappa shape index (κ3) is 11.4. The number of benzene rings is 4. The molecule has 0 spiro atoms. The predicted octanol–water partition coefficient (Wildman–Crippen LogP) is 12.0. The zero-order chi connectivity index (χ0) is 60.0. The standard InChI is InChI=1S/C66H62F2N18O2/c1-84(2)17-15-73-47-21-41(19-45(67)27-47)54-34-72-36-57-60(54)80-64(78-57)62-52-26-40(44-24-50(32-70-30-44)76-66(88)38-9-10-38)12-14-58(52)86(83-62)85(3)18-16-74-48-22-42(20-46(68)28-48)53-33-71-35-56-59(53)79-63(77-56)61-51-25-39(11-13-55(51)81-82-61)43-23-49(31-69-29-43)75-65(87)37-7-5-4-6-8-37/h11-14,19-38,73-74H,4-10,15-18H2,1-3H3,(H,75,87)(H,76,88)(H,77,79)(H,78,80)(H,81,82). The molecule has 2 saturated carbocycles. The van der Waals surface area contributed by atoms with E-state index in [0.29, 0.717) is 110 Å². The normalized spacial score (nSPS) is 13.7. The monoisotopic (exact) mass is 1180 g/mol. The number of imidazole rings is 2. The number of aromatic amines is 3. The zero-order valence-corrected chi connectivity index (χ0v) is 48.6. The molecule has 2 aliphatic rings. The summed E-state index contributed by atoms with van der Waals surface area (Å²) >= 11 is 0. The summed E-state index contributed by atoms with van der Waals surface area (Å²) in [6.45, 7) is 2.21. The van der Waals surface area contributed by atoms with Gasteiger partial charge in [0.15, 0.2) is 11.6 Å². The van der Waals surface area contributed by atoms with Gasteiger partial charge in [-0.1, -0.05) is 31.4 Å². The Balaban J connectivity index is 0.730. The number of halogens is 2. The molecular formula is C66H62F2N18O2. The summed E-state index contributed by atoms with van der Waals surface area (Å²) < 4.78 is 31.1. The molecule has 20 nitrogen and oxygen atoms in total. The maximum Gasteiger partial charge on any atom is 0.227 e. The Morgan fingerprint density at radius 2 is 1.07 bits per heavy atom. The highest BCUT2D eigenvalue weighted by atomic mass is 19.1. The number of H-pyrrole nitrogens is 3. The highest BCUT2D eigenvalue weighted by Gasteiger charge is 2.30. The molecule has 8 heterocycles. The number of nitrogens with zero attached hydrogens (tertiary/aromatic N) is 11. The molecule has 0 bridgehead atoms. The van der Waals surface area contributed by atoms with Crippen molar-refractivity contribution in [2.75, 3.05) is 73.6 Å². The van der Waals surface area contributed by atoms with Crippen LogP contribution in [0.15, 0.2) is 135 Å². The van der Waals surface area contributed by atoms with Gasteiger partial charge in [0.1, 0.15) is 23.0 Å². The highest BCUT2D eigenvalue weighted by Crippen LogP contribution is 2.38. The molecule has 14 rings (SSSR count). The Labute approximate surface area is 503 Å². The molecule has 2 aliphatic carbocycles. The topological polar surface area (TPSA) is 244 Å². The zero-order valence-electron chi connectivity index (χ0n) is 48.6. The predicted molar refractivity (Wildman–Crippen MR) is 340 cm³/mol. The Morgan fingerprint density at radius 3 is 1.66 bits per heavy atom. The first-order chi connectivity index (χ1) is 42.9. The van der Waals surface area contributed by atoms with E-state index in [1.54, 1.807) is 49.6 Å². The van der Waals surface area contributed by atoms with Crippen molar-refractivity contribution in [3.05, 3.63) is 146 Å². The molecule has 2 fully saturated rings. The average Bonchev–Trinajstić information content (AvgIpc) is 2.15. The summed E-state index contributed by atoms with van der Waals surface area (Å²) in [7, 11) is 5.90. The van der Waals surface area contributed by atoms with Gasteiger partial charge in [0.05, 0.1) is 75.8 Å². The van der Waals surface area contributed by atoms with Crippen molar-refractivity contribution in [1.29, 1.82) is 0 Å². The number of nitrogens with one attached hydrogen (secondary N) is 7. The van der Waals surface area contributed by atoms with Crippen molar-refractivity contribution in [3.8, 4) is 67.5 Å². The molecule has 0 atom stereocenters. The maximum absolute atomic E-state index is 15.8. The van der Waals surface area contributed by atoms with Crippen LogP contribution < -0.4 is 26.3 Å². The molecule has 7 N–H and O–H groups in total. The molecule has 0 radical (unpaired) electrons. The van der Waals surface area contributed by atoms with E-state index >= 15 is 8.78 Å². The first kappa shape index (κ1) is 55.4. The lowest BCUT2D eigenvalue weighted by molar-refractivity contribution is -0.120. The van der Waals surface area contributed by atoms with Gasteiger partial charge in [-0.3, -0.25) is 39.6 Å². The third-order valence-corrected chi connectivity index (χ3v) is 16.5. The van der Waals surface area contributed by atoms with Crippen LogP contribution in [0.25, 0.3) is 111 Å². The van der Waals surface area contributed by atoms with Crippen LogP contribution in [0.5, 0.6) is 0 Å². The summed E-state index contributed by atoms with van der Waals surface area (Å²) in [5.74, 6) is 0.235. The number of carbonyl (C=O) groups excluding carboxylic acids is 2. The first-order valence-corrected chi connectivity index (χ1v) is 29.6. The van der Waals surface area contributed by atoms with E-state index in [9.17, 15) is 9.59 Å². The summed E-state index contributed by atoms with van der Waals surface area (Å²) in [6.07, 6.45) is 20.5. The second kappa shape index (κ2) is 23.4. The van der Waals surface area contributed by atoms with Gasteiger partial charge in [-0.25, -0.2) is 18.7 Å². The lowest BCUT2D eigenvalue weighted by Gasteiger charge is -2.21. The number of fused-ring (bicyclic) bond motifs is 4. The van der Waals surface area contributed by atoms with Crippen LogP contribution in [-0.4, -0.2) is 124 Å². The number of carbonyl (C=O) groups is 2. The number of hydrogen-bond acceptors (Lipinski definition) is 14. The van der Waals surface area contributed by atoms with Crippen LogP contribution in [0.2, 0.25) is 0 Å². The van der Waals surface area contributed by atoms with Gasteiger partial charge in [0.25, 0.3) is 0 Å². The fraction of sp³-hybridized carbons (Fsp3) is 0.242. The van der Waals surface area contributed by atoms with Gasteiger partial charge in [-0.05, 0) is 135 Å². The molecular weight excluding hydrogens is 1110 g/mol. The quantitative estimate of drug-likeness (QED) is 0.0398. The average molecular weight is 1180 g/mol. The second-order valence-electron chi connectivity index (χ2n) is 23.1. The summed E-state index contributed by atoms with van der Waals surface area (Å²) in [5.41, 5.74) is 13.5. The molecule has 4 aromatic carbocycles. The SMILES string of the molecule is CN(C)CCNc1cc(F)cc(-c2cncc3[nH]c(-c4nn(N(C)CCNc5cc(F)cc(-c6cncc7[nH]c(-c8n[nH]c9ccc(-c%10cncc(NC(=O)C%11CCCCC%11)c%10)cc89)nc67)c5)c5ccc(-c6cncc(NC(=O)C7CC7)c6)cc45)nc23)c1. The van der Waals surface area contributed by atoms with Crippen LogP contribution in [-0.2, 0) is 9.59 Å². The van der Waals surface area contributed by atoms with E-state index in [2.05, 4.69) is 66.3 Å². The van der Waals surface area contributed by atoms with E-state index in [-0.39, 0.29) is 29.5 Å². The van der Waals surface area contributed by atoms with Gasteiger partial charge in [-0.2, -0.15) is 9.89 Å². The lowest BCUT2D eigenvalue weighted by Crippen LogP contribution is -2.35. The molecule has 0 saturated heterocycles. The molecule has 88 heavy (non-hydrogen) atoms. The molecule has 22 heteroatoms. The Bertz CT molecular complexity index is 4630. The summed E-state index contributed by atoms with van der Waals surface area (Å²) in [4.78, 5) is 64.8. The Hall–Kier alpha value is -10.5. The summed E-state index contributed by atoms with van der Waals surface area (Å²) in [6, 6.07) is 25.5. The molecule has 8 aromatic heterocycles. The minimum absolute atomic E-state index is 0.00763. The Morgan fingerprint density at radius 1 is 0.534 bits per heavy atom. The fourth-order valence-corrected chi connectivity index (χ4v) is 11.7. The third-order valence-electron chi connectivity index (χ3n) is 16.5. The van der Waals surface area contributed by atoms with Gasteiger partial charge in [0.2, 0.25) is 11.8 Å². The largest absolute Gasteiger partial charge is 0.384 e. The van der Waals surface area contributed by atoms with Crippen molar-refractivity contribution in [2.24, 2.45) is 11.8 Å². The van der Waals surface area contributed by atoms with Gasteiger partial charge >= 0.3 is 0 Å². The van der Waals surface area contributed by atoms with Crippen molar-refractivity contribution < 1.29 is 18.4 Å². The second-order valence-corrected chi connectivity index (χ2v) is 23.1. The minimum atomic E-state index is -0.442. The number of hydrogen-bond donors (Lipinski definition) is 7. The van der Waals surface area contributed by atoms with E-state index in [1.807, 2.05) is 91.6 Å². The van der Waals surface area contributed by atoms with Crippen molar-refractivity contribution in [1.82, 2.24) is 64.9 Å². The highest BCUT2D eigenvalue weighted by molar-refractivity contribution is 6.01. The summed E-state index contributed by atoms with van der Waals surface area (Å²) in [5, 5.41) is 29.5.